The van der Waals surface area contributed by atoms with Crippen LogP contribution in [0.25, 0.3) is 11.3 Å². The van der Waals surface area contributed by atoms with E-state index in [-0.39, 0.29) is 36.2 Å². The molecule has 3 N–H and O–H groups in total. The fourth-order valence-electron chi connectivity index (χ4n) is 4.73. The van der Waals surface area contributed by atoms with Gasteiger partial charge in [0.1, 0.15) is 23.0 Å². The van der Waals surface area contributed by atoms with Crippen molar-refractivity contribution in [1.29, 1.82) is 5.26 Å². The van der Waals surface area contributed by atoms with E-state index in [2.05, 4.69) is 16.5 Å². The summed E-state index contributed by atoms with van der Waals surface area (Å²) in [6.45, 7) is 1.17. The van der Waals surface area contributed by atoms with Crippen molar-refractivity contribution in [3.05, 3.63) is 60.0 Å². The summed E-state index contributed by atoms with van der Waals surface area (Å²) in [5.74, 6) is -0.309. The van der Waals surface area contributed by atoms with Crippen LogP contribution in [0.15, 0.2) is 53.3 Å². The van der Waals surface area contributed by atoms with Gasteiger partial charge in [-0.25, -0.2) is 4.39 Å². The zero-order chi connectivity index (χ0) is 25.3. The number of hydrogen-bond donors (Lipinski definition) is 2. The molecule has 186 valence electrons. The molecule has 2 aromatic heterocycles. The molecule has 1 aromatic carbocycles. The summed E-state index contributed by atoms with van der Waals surface area (Å²) < 4.78 is 22.6. The van der Waals surface area contributed by atoms with Gasteiger partial charge in [-0.2, -0.15) is 10.4 Å². The van der Waals surface area contributed by atoms with Crippen molar-refractivity contribution in [3.8, 4) is 17.4 Å². The van der Waals surface area contributed by atoms with Crippen LogP contribution in [0.4, 0.5) is 10.2 Å². The second-order valence-electron chi connectivity index (χ2n) is 9.53. The quantitative estimate of drug-likeness (QED) is 0.497. The molecular weight excluding hydrogens is 463 g/mol. The zero-order valence-electron chi connectivity index (χ0n) is 19.7. The Kier molecular flexibility index (Phi) is 6.33. The van der Waals surface area contributed by atoms with E-state index in [9.17, 15) is 14.9 Å². The van der Waals surface area contributed by atoms with E-state index in [1.54, 1.807) is 6.26 Å². The van der Waals surface area contributed by atoms with Crippen LogP contribution in [0.1, 0.15) is 41.6 Å². The van der Waals surface area contributed by atoms with Gasteiger partial charge >= 0.3 is 0 Å². The highest BCUT2D eigenvalue weighted by Gasteiger charge is 2.47. The molecule has 5 rings (SSSR count). The topological polar surface area (TPSA) is 130 Å². The van der Waals surface area contributed by atoms with Gasteiger partial charge in [0.05, 0.1) is 18.8 Å². The molecule has 1 saturated heterocycles. The Labute approximate surface area is 207 Å². The van der Waals surface area contributed by atoms with Crippen LogP contribution in [0.5, 0.6) is 0 Å². The first-order chi connectivity index (χ1) is 17.4. The summed E-state index contributed by atoms with van der Waals surface area (Å²) in [4.78, 5) is 26.3. The molecule has 0 spiro atoms. The highest BCUT2D eigenvalue weighted by Crippen LogP contribution is 2.38. The van der Waals surface area contributed by atoms with Crippen molar-refractivity contribution in [2.45, 2.75) is 43.9 Å². The monoisotopic (exact) mass is 490 g/mol. The van der Waals surface area contributed by atoms with Crippen LogP contribution in [-0.4, -0.2) is 45.8 Å². The Morgan fingerprint density at radius 3 is 2.67 bits per heavy atom. The molecule has 2 amide bonds. The normalized spacial score (nSPS) is 22.2. The van der Waals surface area contributed by atoms with Gasteiger partial charge in [0.2, 0.25) is 5.91 Å². The number of likely N-dealkylation sites (tertiary alicyclic amines) is 1. The summed E-state index contributed by atoms with van der Waals surface area (Å²) in [6.07, 6.45) is 3.30. The number of furan rings is 1. The lowest BCUT2D eigenvalue weighted by Gasteiger charge is -2.43. The molecule has 1 saturated carbocycles. The zero-order valence-corrected chi connectivity index (χ0v) is 19.7. The van der Waals surface area contributed by atoms with Crippen molar-refractivity contribution in [1.82, 2.24) is 14.7 Å². The number of benzene rings is 1. The SMILES string of the molecule is N#CCC1(n2cc(C(N)=O)c(NC(=O)C3CC3)n2)CCN(Cc2ccc(-c3ccco3)cc2)CC1F. The lowest BCUT2D eigenvalue weighted by molar-refractivity contribution is -0.117. The number of nitriles is 1. The summed E-state index contributed by atoms with van der Waals surface area (Å²) in [6, 6.07) is 13.7. The molecular formula is C26H27FN6O3. The van der Waals surface area contributed by atoms with E-state index in [0.717, 1.165) is 29.7 Å². The van der Waals surface area contributed by atoms with E-state index in [4.69, 9.17) is 10.2 Å². The predicted molar refractivity (Wildman–Crippen MR) is 129 cm³/mol. The smallest absolute Gasteiger partial charge is 0.254 e. The molecule has 0 bridgehead atoms. The number of anilines is 1. The van der Waals surface area contributed by atoms with Crippen molar-refractivity contribution >= 4 is 17.6 Å². The number of alkyl halides is 1. The number of carbonyl (C=O) groups excluding carboxylic acids is 2. The fourth-order valence-corrected chi connectivity index (χ4v) is 4.73. The minimum atomic E-state index is -1.43. The minimum absolute atomic E-state index is 0.00703. The molecule has 3 aromatic rings. The van der Waals surface area contributed by atoms with Crippen molar-refractivity contribution in [2.24, 2.45) is 11.7 Å². The number of nitrogens with zero attached hydrogens (tertiary/aromatic N) is 4. The highest BCUT2D eigenvalue weighted by molar-refractivity contribution is 6.02. The van der Waals surface area contributed by atoms with Crippen molar-refractivity contribution in [3.63, 3.8) is 0 Å². The molecule has 1 aliphatic heterocycles. The Bertz CT molecular complexity index is 1290. The molecule has 1 aliphatic carbocycles. The summed E-state index contributed by atoms with van der Waals surface area (Å²) in [7, 11) is 0. The minimum Gasteiger partial charge on any atom is -0.464 e. The van der Waals surface area contributed by atoms with Crippen LogP contribution in [0.3, 0.4) is 0 Å². The number of halogens is 1. The number of piperidine rings is 1. The fraction of sp³-hybridized carbons (Fsp3) is 0.385. The summed E-state index contributed by atoms with van der Waals surface area (Å²) >= 11 is 0. The number of nitrogens with one attached hydrogen (secondary N) is 1. The maximum absolute atomic E-state index is 15.9. The van der Waals surface area contributed by atoms with Gasteiger partial charge in [0.25, 0.3) is 5.91 Å². The predicted octanol–water partition coefficient (Wildman–Crippen LogP) is 3.44. The molecule has 2 atom stereocenters. The Balaban J connectivity index is 1.33. The number of carbonyl (C=O) groups is 2. The lowest BCUT2D eigenvalue weighted by Crippen LogP contribution is -2.54. The van der Waals surface area contributed by atoms with Crippen molar-refractivity contribution < 1.29 is 18.4 Å². The average Bonchev–Trinajstić information content (AvgIpc) is 3.40. The van der Waals surface area contributed by atoms with Gasteiger partial charge in [-0.05, 0) is 37.0 Å². The third kappa shape index (κ3) is 4.62. The van der Waals surface area contributed by atoms with Gasteiger partial charge < -0.3 is 15.5 Å². The van der Waals surface area contributed by atoms with Crippen molar-refractivity contribution in [2.75, 3.05) is 18.4 Å². The van der Waals surface area contributed by atoms with E-state index < -0.39 is 17.6 Å². The first-order valence-electron chi connectivity index (χ1n) is 12.0. The average molecular weight is 491 g/mol. The number of aromatic nitrogens is 2. The molecule has 9 nitrogen and oxygen atoms in total. The number of amides is 2. The summed E-state index contributed by atoms with van der Waals surface area (Å²) in [5, 5.41) is 16.5. The first kappa shape index (κ1) is 23.8. The number of rotatable bonds is 8. The van der Waals surface area contributed by atoms with Crippen LogP contribution >= 0.6 is 0 Å². The van der Waals surface area contributed by atoms with E-state index >= 15 is 4.39 Å². The Morgan fingerprint density at radius 2 is 2.06 bits per heavy atom. The maximum atomic E-state index is 15.9. The lowest BCUT2D eigenvalue weighted by atomic mass is 9.83. The second kappa shape index (κ2) is 9.59. The largest absolute Gasteiger partial charge is 0.464 e. The number of nitrogens with two attached hydrogens (primary N) is 1. The Hall–Kier alpha value is -3.97. The first-order valence-corrected chi connectivity index (χ1v) is 12.0. The van der Waals surface area contributed by atoms with E-state index in [1.807, 2.05) is 41.3 Å². The molecule has 3 heterocycles. The standard InChI is InChI=1S/C26H27FN6O3/c27-22-16-32(14-17-3-5-18(6-4-17)21-2-1-13-36-21)12-10-26(22,9-11-28)33-15-20(23(29)34)24(31-33)30-25(35)19-7-8-19/h1-6,13,15,19,22H,7-10,12,14,16H2,(H2,29,34)(H,30,31,35). The van der Waals surface area contributed by atoms with E-state index in [0.29, 0.717) is 19.5 Å². The van der Waals surface area contributed by atoms with Gasteiger partial charge in [-0.1, -0.05) is 24.3 Å². The highest BCUT2D eigenvalue weighted by atomic mass is 19.1. The molecule has 2 aliphatic rings. The van der Waals surface area contributed by atoms with E-state index in [1.165, 1.54) is 10.9 Å². The number of hydrogen-bond acceptors (Lipinski definition) is 6. The molecule has 10 heteroatoms. The second-order valence-corrected chi connectivity index (χ2v) is 9.53. The van der Waals surface area contributed by atoms with Gasteiger partial charge in [-0.15, -0.1) is 0 Å². The third-order valence-electron chi connectivity index (χ3n) is 7.04. The van der Waals surface area contributed by atoms with Gasteiger partial charge in [0.15, 0.2) is 5.82 Å². The number of primary amides is 1. The van der Waals surface area contributed by atoms with Crippen LogP contribution in [0, 0.1) is 17.2 Å². The molecule has 2 unspecified atom stereocenters. The maximum Gasteiger partial charge on any atom is 0.254 e. The molecule has 0 radical (unpaired) electrons. The molecule has 2 fully saturated rings. The van der Waals surface area contributed by atoms with Crippen LogP contribution in [-0.2, 0) is 16.9 Å². The van der Waals surface area contributed by atoms with Crippen LogP contribution < -0.4 is 11.1 Å². The van der Waals surface area contributed by atoms with Gasteiger partial charge in [0, 0.05) is 37.3 Å². The third-order valence-corrected chi connectivity index (χ3v) is 7.04. The van der Waals surface area contributed by atoms with Crippen LogP contribution in [0.2, 0.25) is 0 Å². The Morgan fingerprint density at radius 1 is 1.28 bits per heavy atom. The molecule has 36 heavy (non-hydrogen) atoms. The summed E-state index contributed by atoms with van der Waals surface area (Å²) in [5.41, 5.74) is 6.25. The van der Waals surface area contributed by atoms with Gasteiger partial charge in [-0.3, -0.25) is 19.2 Å².